The first kappa shape index (κ1) is 10.4. The quantitative estimate of drug-likeness (QED) is 0.736. The molecule has 3 nitrogen and oxygen atoms in total. The summed E-state index contributed by atoms with van der Waals surface area (Å²) >= 11 is 0. The van der Waals surface area contributed by atoms with Gasteiger partial charge >= 0.3 is 0 Å². The Balaban J connectivity index is 2.50. The van der Waals surface area contributed by atoms with Crippen LogP contribution >= 0.6 is 0 Å². The summed E-state index contributed by atoms with van der Waals surface area (Å²) in [4.78, 5) is 4.40. The molecule has 0 aromatic carbocycles. The molecule has 0 atom stereocenters. The molecular formula is C12H18N2O. The van der Waals surface area contributed by atoms with Crippen molar-refractivity contribution in [1.82, 2.24) is 4.98 Å². The molecule has 0 saturated carbocycles. The van der Waals surface area contributed by atoms with E-state index in [1.807, 2.05) is 6.07 Å². The van der Waals surface area contributed by atoms with Gasteiger partial charge in [-0.25, -0.2) is 4.98 Å². The van der Waals surface area contributed by atoms with Gasteiger partial charge in [0, 0.05) is 11.3 Å². The standard InChI is InChI=1S/C12H18N2O/c1-12(2,15)9-7-8-5-3-4-6-10(8)14-11(9)13/h7,15H,3-6H2,1-2H3,(H2,13,14). The fourth-order valence-corrected chi connectivity index (χ4v) is 2.14. The van der Waals surface area contributed by atoms with Crippen molar-refractivity contribution < 1.29 is 5.11 Å². The zero-order valence-electron chi connectivity index (χ0n) is 9.38. The number of hydrogen-bond donors (Lipinski definition) is 2. The number of anilines is 1. The van der Waals surface area contributed by atoms with Crippen molar-refractivity contribution in [2.24, 2.45) is 0 Å². The molecule has 2 rings (SSSR count). The largest absolute Gasteiger partial charge is 0.386 e. The lowest BCUT2D eigenvalue weighted by molar-refractivity contribution is 0.0789. The highest BCUT2D eigenvalue weighted by molar-refractivity contribution is 5.47. The van der Waals surface area contributed by atoms with E-state index in [0.717, 1.165) is 24.1 Å². The molecule has 0 spiro atoms. The van der Waals surface area contributed by atoms with Gasteiger partial charge in [-0.3, -0.25) is 0 Å². The molecule has 0 bridgehead atoms. The normalized spacial score (nSPS) is 16.2. The molecule has 0 unspecified atom stereocenters. The van der Waals surface area contributed by atoms with Crippen LogP contribution in [-0.2, 0) is 18.4 Å². The third-order valence-electron chi connectivity index (χ3n) is 2.99. The van der Waals surface area contributed by atoms with Crippen molar-refractivity contribution in [1.29, 1.82) is 0 Å². The molecule has 0 fully saturated rings. The highest BCUT2D eigenvalue weighted by Crippen LogP contribution is 2.29. The van der Waals surface area contributed by atoms with Gasteiger partial charge in [0.2, 0.25) is 0 Å². The number of hydrogen-bond acceptors (Lipinski definition) is 3. The Morgan fingerprint density at radius 1 is 1.33 bits per heavy atom. The van der Waals surface area contributed by atoms with E-state index in [1.165, 1.54) is 18.4 Å². The minimum Gasteiger partial charge on any atom is -0.386 e. The van der Waals surface area contributed by atoms with Gasteiger partial charge in [0.25, 0.3) is 0 Å². The van der Waals surface area contributed by atoms with Crippen LogP contribution in [0.3, 0.4) is 0 Å². The summed E-state index contributed by atoms with van der Waals surface area (Å²) in [6.07, 6.45) is 4.49. The van der Waals surface area contributed by atoms with Crippen molar-refractivity contribution in [2.45, 2.75) is 45.1 Å². The fraction of sp³-hybridized carbons (Fsp3) is 0.583. The fourth-order valence-electron chi connectivity index (χ4n) is 2.14. The van der Waals surface area contributed by atoms with Crippen LogP contribution in [0.5, 0.6) is 0 Å². The molecule has 0 aliphatic heterocycles. The number of nitrogen functional groups attached to an aromatic ring is 1. The van der Waals surface area contributed by atoms with Gasteiger partial charge in [0.15, 0.2) is 0 Å². The lowest BCUT2D eigenvalue weighted by Gasteiger charge is -2.23. The molecule has 1 aromatic rings. The number of aryl methyl sites for hydroxylation is 2. The third-order valence-corrected chi connectivity index (χ3v) is 2.99. The van der Waals surface area contributed by atoms with E-state index >= 15 is 0 Å². The van der Waals surface area contributed by atoms with Crippen molar-refractivity contribution >= 4 is 5.82 Å². The number of nitrogens with two attached hydrogens (primary N) is 1. The van der Waals surface area contributed by atoms with Crippen LogP contribution in [0.1, 0.15) is 43.5 Å². The zero-order chi connectivity index (χ0) is 11.1. The van der Waals surface area contributed by atoms with E-state index in [1.54, 1.807) is 13.8 Å². The van der Waals surface area contributed by atoms with Gasteiger partial charge in [0.05, 0.1) is 5.60 Å². The second kappa shape index (κ2) is 3.49. The summed E-state index contributed by atoms with van der Waals surface area (Å²) in [7, 11) is 0. The second-order valence-electron chi connectivity index (χ2n) is 4.79. The number of aliphatic hydroxyl groups is 1. The molecule has 0 radical (unpaired) electrons. The van der Waals surface area contributed by atoms with Crippen molar-refractivity contribution in [3.05, 3.63) is 22.9 Å². The summed E-state index contributed by atoms with van der Waals surface area (Å²) in [5.41, 5.74) is 8.09. The summed E-state index contributed by atoms with van der Waals surface area (Å²) in [5.74, 6) is 0.475. The highest BCUT2D eigenvalue weighted by atomic mass is 16.3. The Morgan fingerprint density at radius 3 is 2.67 bits per heavy atom. The highest BCUT2D eigenvalue weighted by Gasteiger charge is 2.23. The van der Waals surface area contributed by atoms with Crippen LogP contribution in [0.2, 0.25) is 0 Å². The van der Waals surface area contributed by atoms with Gasteiger partial charge in [0.1, 0.15) is 5.82 Å². The molecular weight excluding hydrogens is 188 g/mol. The Kier molecular flexibility index (Phi) is 2.43. The number of nitrogens with zero attached hydrogens (tertiary/aromatic N) is 1. The van der Waals surface area contributed by atoms with Gasteiger partial charge in [-0.05, 0) is 51.2 Å². The van der Waals surface area contributed by atoms with Crippen LogP contribution < -0.4 is 5.73 Å². The third kappa shape index (κ3) is 1.97. The maximum atomic E-state index is 9.95. The first-order chi connectivity index (χ1) is 6.98. The van der Waals surface area contributed by atoms with Crippen LogP contribution in [0.25, 0.3) is 0 Å². The van der Waals surface area contributed by atoms with Crippen LogP contribution in [0, 0.1) is 0 Å². The molecule has 0 saturated heterocycles. The Morgan fingerprint density at radius 2 is 2.00 bits per heavy atom. The summed E-state index contributed by atoms with van der Waals surface area (Å²) in [5, 5.41) is 9.95. The van der Waals surface area contributed by atoms with E-state index in [4.69, 9.17) is 5.73 Å². The number of rotatable bonds is 1. The average Bonchev–Trinajstić information content (AvgIpc) is 2.15. The molecule has 0 amide bonds. The van der Waals surface area contributed by atoms with Gasteiger partial charge in [-0.1, -0.05) is 0 Å². The Bertz CT molecular complexity index is 380. The monoisotopic (exact) mass is 206 g/mol. The second-order valence-corrected chi connectivity index (χ2v) is 4.79. The Hall–Kier alpha value is -1.09. The predicted molar refractivity (Wildman–Crippen MR) is 60.5 cm³/mol. The van der Waals surface area contributed by atoms with E-state index in [9.17, 15) is 5.11 Å². The predicted octanol–water partition coefficient (Wildman–Crippen LogP) is 1.77. The van der Waals surface area contributed by atoms with Crippen molar-refractivity contribution in [2.75, 3.05) is 5.73 Å². The van der Waals surface area contributed by atoms with Crippen LogP contribution in [0.15, 0.2) is 6.07 Å². The lowest BCUT2D eigenvalue weighted by Crippen LogP contribution is -2.20. The molecule has 1 aliphatic carbocycles. The summed E-state index contributed by atoms with van der Waals surface area (Å²) < 4.78 is 0. The van der Waals surface area contributed by atoms with Crippen LogP contribution in [0.4, 0.5) is 5.82 Å². The molecule has 3 N–H and O–H groups in total. The maximum absolute atomic E-state index is 9.95. The van der Waals surface area contributed by atoms with E-state index in [0.29, 0.717) is 5.82 Å². The Labute approximate surface area is 90.3 Å². The average molecular weight is 206 g/mol. The number of pyridine rings is 1. The summed E-state index contributed by atoms with van der Waals surface area (Å²) in [6.45, 7) is 3.49. The van der Waals surface area contributed by atoms with Crippen LogP contribution in [-0.4, -0.2) is 10.1 Å². The van der Waals surface area contributed by atoms with E-state index in [-0.39, 0.29) is 0 Å². The first-order valence-electron chi connectivity index (χ1n) is 5.49. The minimum absolute atomic E-state index is 0.475. The first-order valence-corrected chi connectivity index (χ1v) is 5.49. The molecule has 15 heavy (non-hydrogen) atoms. The maximum Gasteiger partial charge on any atom is 0.129 e. The molecule has 82 valence electrons. The van der Waals surface area contributed by atoms with Gasteiger partial charge in [-0.2, -0.15) is 0 Å². The minimum atomic E-state index is -0.899. The SMILES string of the molecule is CC(C)(O)c1cc2c(nc1N)CCCC2. The van der Waals surface area contributed by atoms with Gasteiger partial charge in [-0.15, -0.1) is 0 Å². The number of aromatic nitrogens is 1. The number of fused-ring (bicyclic) bond motifs is 1. The lowest BCUT2D eigenvalue weighted by atomic mass is 9.90. The smallest absolute Gasteiger partial charge is 0.129 e. The summed E-state index contributed by atoms with van der Waals surface area (Å²) in [6, 6.07) is 2.02. The molecule has 3 heteroatoms. The van der Waals surface area contributed by atoms with Crippen molar-refractivity contribution in [3.8, 4) is 0 Å². The molecule has 1 aliphatic rings. The van der Waals surface area contributed by atoms with E-state index in [2.05, 4.69) is 4.98 Å². The molecule has 1 heterocycles. The zero-order valence-corrected chi connectivity index (χ0v) is 9.38. The topological polar surface area (TPSA) is 59.1 Å². The van der Waals surface area contributed by atoms with Crippen molar-refractivity contribution in [3.63, 3.8) is 0 Å². The molecule has 1 aromatic heterocycles. The van der Waals surface area contributed by atoms with E-state index < -0.39 is 5.60 Å². The van der Waals surface area contributed by atoms with Gasteiger partial charge < -0.3 is 10.8 Å².